The Bertz CT molecular complexity index is 641. The van der Waals surface area contributed by atoms with Crippen LogP contribution in [0.5, 0.6) is 5.75 Å². The number of allylic oxidation sites excluding steroid dienone is 2. The summed E-state index contributed by atoms with van der Waals surface area (Å²) in [5.41, 5.74) is 0.665. The minimum atomic E-state index is -0.201. The summed E-state index contributed by atoms with van der Waals surface area (Å²) in [7, 11) is 3.28. The molecule has 3 atom stereocenters. The standard InChI is InChI=1S/C18H22N2O3/c1-20(18(22)16-9-12-6-7-13(16)8-12)11-17(21)19-14-4-3-5-15(10-14)23-2/h3-7,10,12-13,16H,8-9,11H2,1-2H3,(H,19,21)/t12-,13+,16+/m1/s1. The van der Waals surface area contributed by atoms with Crippen molar-refractivity contribution in [3.05, 3.63) is 36.4 Å². The van der Waals surface area contributed by atoms with Gasteiger partial charge in [-0.2, -0.15) is 0 Å². The second-order valence-electron chi connectivity index (χ2n) is 6.36. The lowest BCUT2D eigenvalue weighted by Gasteiger charge is -2.24. The van der Waals surface area contributed by atoms with Crippen LogP contribution in [-0.4, -0.2) is 37.4 Å². The van der Waals surface area contributed by atoms with E-state index in [0.717, 1.165) is 12.8 Å². The lowest BCUT2D eigenvalue weighted by atomic mass is 9.92. The monoisotopic (exact) mass is 314 g/mol. The number of benzene rings is 1. The van der Waals surface area contributed by atoms with Crippen LogP contribution >= 0.6 is 0 Å². The molecule has 1 aromatic rings. The van der Waals surface area contributed by atoms with Gasteiger partial charge in [-0.1, -0.05) is 18.2 Å². The molecule has 1 N–H and O–H groups in total. The van der Waals surface area contributed by atoms with Crippen molar-refractivity contribution >= 4 is 17.5 Å². The van der Waals surface area contributed by atoms with Crippen molar-refractivity contribution in [3.63, 3.8) is 0 Å². The van der Waals surface area contributed by atoms with Gasteiger partial charge in [0.1, 0.15) is 5.75 Å². The Hall–Kier alpha value is -2.30. The number of carbonyl (C=O) groups is 2. The Labute approximate surface area is 136 Å². The van der Waals surface area contributed by atoms with Gasteiger partial charge in [0.2, 0.25) is 11.8 Å². The Morgan fingerprint density at radius 2 is 2.13 bits per heavy atom. The van der Waals surface area contributed by atoms with Crippen LogP contribution in [0.3, 0.4) is 0 Å². The highest BCUT2D eigenvalue weighted by Crippen LogP contribution is 2.44. The predicted octanol–water partition coefficient (Wildman–Crippen LogP) is 2.30. The SMILES string of the molecule is COc1cccc(NC(=O)CN(C)C(=O)[C@H]2C[C@@H]3C=C[C@H]2C3)c1. The van der Waals surface area contributed by atoms with E-state index in [1.165, 1.54) is 4.90 Å². The Balaban J connectivity index is 1.54. The number of fused-ring (bicyclic) bond motifs is 2. The number of nitrogens with zero attached hydrogens (tertiary/aromatic N) is 1. The normalized spacial score (nSPS) is 24.5. The van der Waals surface area contributed by atoms with E-state index in [0.29, 0.717) is 23.3 Å². The molecule has 2 aliphatic carbocycles. The first-order chi connectivity index (χ1) is 11.1. The third kappa shape index (κ3) is 3.38. The third-order valence-corrected chi connectivity index (χ3v) is 4.71. The molecule has 0 spiro atoms. The summed E-state index contributed by atoms with van der Waals surface area (Å²) >= 11 is 0. The molecule has 0 aromatic heterocycles. The average molecular weight is 314 g/mol. The molecule has 0 saturated heterocycles. The predicted molar refractivity (Wildman–Crippen MR) is 88.1 cm³/mol. The summed E-state index contributed by atoms with van der Waals surface area (Å²) in [5, 5.41) is 2.80. The molecular formula is C18H22N2O3. The fourth-order valence-corrected chi connectivity index (χ4v) is 3.54. The Kier molecular flexibility index (Phi) is 4.37. The molecule has 5 heteroatoms. The second kappa shape index (κ2) is 6.44. The molecule has 0 radical (unpaired) electrons. The van der Waals surface area contributed by atoms with Crippen molar-refractivity contribution in [3.8, 4) is 5.75 Å². The zero-order valence-electron chi connectivity index (χ0n) is 13.5. The van der Waals surface area contributed by atoms with Crippen molar-refractivity contribution < 1.29 is 14.3 Å². The topological polar surface area (TPSA) is 58.6 Å². The van der Waals surface area contributed by atoms with Crippen molar-refractivity contribution in [2.24, 2.45) is 17.8 Å². The van der Waals surface area contributed by atoms with Gasteiger partial charge in [0.25, 0.3) is 0 Å². The van der Waals surface area contributed by atoms with Crippen LogP contribution in [0.25, 0.3) is 0 Å². The highest BCUT2D eigenvalue weighted by molar-refractivity contribution is 5.95. The Morgan fingerprint density at radius 1 is 1.30 bits per heavy atom. The maximum atomic E-state index is 12.5. The van der Waals surface area contributed by atoms with Crippen LogP contribution in [0.2, 0.25) is 0 Å². The zero-order valence-corrected chi connectivity index (χ0v) is 13.5. The largest absolute Gasteiger partial charge is 0.497 e. The van der Waals surface area contributed by atoms with Gasteiger partial charge in [-0.15, -0.1) is 0 Å². The van der Waals surface area contributed by atoms with Crippen LogP contribution < -0.4 is 10.1 Å². The molecule has 1 fully saturated rings. The van der Waals surface area contributed by atoms with Crippen LogP contribution in [-0.2, 0) is 9.59 Å². The number of anilines is 1. The van der Waals surface area contributed by atoms with Gasteiger partial charge in [0.15, 0.2) is 0 Å². The van der Waals surface area contributed by atoms with E-state index >= 15 is 0 Å². The average Bonchev–Trinajstić information content (AvgIpc) is 3.17. The molecule has 23 heavy (non-hydrogen) atoms. The van der Waals surface area contributed by atoms with E-state index in [4.69, 9.17) is 4.74 Å². The Morgan fingerprint density at radius 3 is 2.78 bits per heavy atom. The molecule has 5 nitrogen and oxygen atoms in total. The van der Waals surface area contributed by atoms with Crippen LogP contribution in [0.1, 0.15) is 12.8 Å². The lowest BCUT2D eigenvalue weighted by Crippen LogP contribution is -2.39. The van der Waals surface area contributed by atoms with Gasteiger partial charge >= 0.3 is 0 Å². The van der Waals surface area contributed by atoms with Gasteiger partial charge in [0, 0.05) is 24.7 Å². The fraction of sp³-hybridized carbons (Fsp3) is 0.444. The van der Waals surface area contributed by atoms with Gasteiger partial charge in [-0.05, 0) is 36.8 Å². The zero-order chi connectivity index (χ0) is 16.4. The molecule has 2 amide bonds. The molecule has 1 aromatic carbocycles. The molecule has 0 heterocycles. The first kappa shape index (κ1) is 15.6. The summed E-state index contributed by atoms with van der Waals surface area (Å²) in [6.45, 7) is 0.0631. The fourth-order valence-electron chi connectivity index (χ4n) is 3.54. The lowest BCUT2D eigenvalue weighted by molar-refractivity contribution is -0.137. The highest BCUT2D eigenvalue weighted by atomic mass is 16.5. The summed E-state index contributed by atoms with van der Waals surface area (Å²) in [5.74, 6) is 1.50. The van der Waals surface area contributed by atoms with E-state index in [1.807, 2.05) is 12.1 Å². The smallest absolute Gasteiger partial charge is 0.243 e. The molecular weight excluding hydrogens is 292 g/mol. The number of rotatable bonds is 5. The van der Waals surface area contributed by atoms with Crippen molar-refractivity contribution in [1.82, 2.24) is 4.90 Å². The van der Waals surface area contributed by atoms with E-state index in [9.17, 15) is 9.59 Å². The minimum absolute atomic E-state index is 0.0413. The molecule has 3 rings (SSSR count). The van der Waals surface area contributed by atoms with Crippen LogP contribution in [0, 0.1) is 17.8 Å². The number of amides is 2. The summed E-state index contributed by atoms with van der Waals surface area (Å²) in [6, 6.07) is 7.17. The van der Waals surface area contributed by atoms with Gasteiger partial charge in [-0.25, -0.2) is 0 Å². The van der Waals surface area contributed by atoms with E-state index in [2.05, 4.69) is 17.5 Å². The van der Waals surface area contributed by atoms with E-state index in [1.54, 1.807) is 26.3 Å². The number of methoxy groups -OCH3 is 1. The van der Waals surface area contributed by atoms with Crippen molar-refractivity contribution in [2.45, 2.75) is 12.8 Å². The highest BCUT2D eigenvalue weighted by Gasteiger charge is 2.41. The summed E-state index contributed by atoms with van der Waals surface area (Å²) in [6.07, 6.45) is 6.37. The van der Waals surface area contributed by atoms with Crippen LogP contribution in [0.15, 0.2) is 36.4 Å². The van der Waals surface area contributed by atoms with E-state index < -0.39 is 0 Å². The van der Waals surface area contributed by atoms with Gasteiger partial charge < -0.3 is 15.0 Å². The first-order valence-electron chi connectivity index (χ1n) is 7.94. The summed E-state index contributed by atoms with van der Waals surface area (Å²) < 4.78 is 5.13. The third-order valence-electron chi connectivity index (χ3n) is 4.71. The second-order valence-corrected chi connectivity index (χ2v) is 6.36. The molecule has 1 saturated carbocycles. The van der Waals surface area contributed by atoms with Crippen LogP contribution in [0.4, 0.5) is 5.69 Å². The van der Waals surface area contributed by atoms with Gasteiger partial charge in [0.05, 0.1) is 13.7 Å². The number of ether oxygens (including phenoxy) is 1. The summed E-state index contributed by atoms with van der Waals surface area (Å²) in [4.78, 5) is 26.2. The maximum absolute atomic E-state index is 12.5. The molecule has 0 unspecified atom stereocenters. The van der Waals surface area contributed by atoms with Crippen molar-refractivity contribution in [1.29, 1.82) is 0 Å². The molecule has 122 valence electrons. The molecule has 0 aliphatic heterocycles. The first-order valence-corrected chi connectivity index (χ1v) is 7.94. The molecule has 2 bridgehead atoms. The number of likely N-dealkylation sites (N-methyl/N-ethyl adjacent to an activating group) is 1. The molecule has 2 aliphatic rings. The number of hydrogen-bond donors (Lipinski definition) is 1. The number of carbonyl (C=O) groups excluding carboxylic acids is 2. The minimum Gasteiger partial charge on any atom is -0.497 e. The number of hydrogen-bond acceptors (Lipinski definition) is 3. The number of nitrogens with one attached hydrogen (secondary N) is 1. The maximum Gasteiger partial charge on any atom is 0.243 e. The van der Waals surface area contributed by atoms with Gasteiger partial charge in [-0.3, -0.25) is 9.59 Å². The quantitative estimate of drug-likeness (QED) is 0.849. The van der Waals surface area contributed by atoms with Crippen molar-refractivity contribution in [2.75, 3.05) is 26.0 Å². The van der Waals surface area contributed by atoms with E-state index in [-0.39, 0.29) is 24.3 Å².